The second-order valence-electron chi connectivity index (χ2n) is 5.64. The van der Waals surface area contributed by atoms with Gasteiger partial charge in [0.2, 0.25) is 0 Å². The van der Waals surface area contributed by atoms with E-state index < -0.39 is 17.4 Å². The van der Waals surface area contributed by atoms with Gasteiger partial charge in [-0.3, -0.25) is 4.79 Å². The van der Waals surface area contributed by atoms with Crippen LogP contribution in [0.3, 0.4) is 0 Å². The maximum absolute atomic E-state index is 12.8. The largest absolute Gasteiger partial charge is 0.480 e. The fourth-order valence-corrected chi connectivity index (χ4v) is 3.38. The number of carboxylic acids is 1. The van der Waals surface area contributed by atoms with E-state index in [1.807, 2.05) is 0 Å². The number of nitrogens with one attached hydrogen (secondary N) is 1. The van der Waals surface area contributed by atoms with Gasteiger partial charge in [-0.1, -0.05) is 23.2 Å². The summed E-state index contributed by atoms with van der Waals surface area (Å²) in [7, 11) is 0. The van der Waals surface area contributed by atoms with Gasteiger partial charge in [0.15, 0.2) is 0 Å². The van der Waals surface area contributed by atoms with Crippen LogP contribution in [0.2, 0.25) is 10.0 Å². The van der Waals surface area contributed by atoms with Crippen molar-refractivity contribution in [2.75, 3.05) is 6.54 Å². The zero-order valence-electron chi connectivity index (χ0n) is 11.8. The van der Waals surface area contributed by atoms with E-state index in [0.717, 1.165) is 0 Å². The van der Waals surface area contributed by atoms with Crippen molar-refractivity contribution < 1.29 is 14.7 Å². The van der Waals surface area contributed by atoms with Crippen molar-refractivity contribution in [3.8, 4) is 0 Å². The predicted molar refractivity (Wildman–Crippen MR) is 84.6 cm³/mol. The first kappa shape index (κ1) is 15.2. The fourth-order valence-electron chi connectivity index (χ4n) is 2.92. The number of nitrogens with zero attached hydrogens (tertiary/aromatic N) is 1. The Labute approximate surface area is 136 Å². The molecule has 1 aromatic carbocycles. The number of hydrogen-bond donors (Lipinski definition) is 2. The molecule has 2 N–H and O–H groups in total. The Morgan fingerprint density at radius 2 is 2.09 bits per heavy atom. The summed E-state index contributed by atoms with van der Waals surface area (Å²) in [5.74, 6) is -1.41. The predicted octanol–water partition coefficient (Wildman–Crippen LogP) is 3.55. The molecule has 1 unspecified atom stereocenters. The zero-order chi connectivity index (χ0) is 16.1. The Hall–Kier alpha value is -1.72. The van der Waals surface area contributed by atoms with Crippen LogP contribution in [0.5, 0.6) is 0 Å². The zero-order valence-corrected chi connectivity index (χ0v) is 13.3. The summed E-state index contributed by atoms with van der Waals surface area (Å²) in [6, 6.07) is 5.11. The molecule has 2 heterocycles. The number of H-pyrrole nitrogens is 1. The van der Waals surface area contributed by atoms with Crippen LogP contribution in [0.25, 0.3) is 10.9 Å². The first-order chi connectivity index (χ1) is 10.3. The Balaban J connectivity index is 2.06. The highest BCUT2D eigenvalue weighted by molar-refractivity contribution is 6.39. The molecule has 3 rings (SSSR count). The molecule has 1 aliphatic heterocycles. The van der Waals surface area contributed by atoms with E-state index >= 15 is 0 Å². The number of carboxylic acid groups (broad SMARTS) is 1. The molecule has 1 aromatic heterocycles. The second-order valence-corrected chi connectivity index (χ2v) is 6.46. The average molecular weight is 341 g/mol. The van der Waals surface area contributed by atoms with Gasteiger partial charge in [-0.2, -0.15) is 0 Å². The van der Waals surface area contributed by atoms with E-state index in [4.69, 9.17) is 23.2 Å². The lowest BCUT2D eigenvalue weighted by atomic mass is 9.99. The molecule has 0 aliphatic carbocycles. The summed E-state index contributed by atoms with van der Waals surface area (Å²) in [5.41, 5.74) is -0.308. The number of carbonyl (C=O) groups excluding carboxylic acids is 1. The number of halogens is 2. The van der Waals surface area contributed by atoms with Crippen molar-refractivity contribution >= 4 is 46.0 Å². The quantitative estimate of drug-likeness (QED) is 0.877. The Morgan fingerprint density at radius 1 is 1.36 bits per heavy atom. The van der Waals surface area contributed by atoms with Gasteiger partial charge in [-0.25, -0.2) is 4.79 Å². The van der Waals surface area contributed by atoms with Gasteiger partial charge in [0.05, 0.1) is 5.02 Å². The topological polar surface area (TPSA) is 73.4 Å². The highest BCUT2D eigenvalue weighted by Gasteiger charge is 2.46. The molecule has 0 saturated carbocycles. The molecular weight excluding hydrogens is 327 g/mol. The molecular formula is C15H14Cl2N2O3. The maximum atomic E-state index is 12.8. The van der Waals surface area contributed by atoms with Gasteiger partial charge in [-0.15, -0.1) is 0 Å². The van der Waals surface area contributed by atoms with E-state index in [0.29, 0.717) is 35.3 Å². The van der Waals surface area contributed by atoms with Gasteiger partial charge in [-0.05, 0) is 38.0 Å². The molecule has 5 nitrogen and oxygen atoms in total. The molecule has 0 spiro atoms. The summed E-state index contributed by atoms with van der Waals surface area (Å²) in [6.07, 6.45) is 1.08. The highest BCUT2D eigenvalue weighted by atomic mass is 35.5. The number of aromatic amines is 1. The standard InChI is InChI=1S/C15H14Cl2N2O3/c1-15(14(21)22)5-2-6-19(15)13(20)12-11(17)9-7-8(16)3-4-10(9)18-12/h3-4,7,18H,2,5-6H2,1H3,(H,21,22). The Kier molecular flexibility index (Phi) is 3.57. The molecule has 0 radical (unpaired) electrons. The first-order valence-corrected chi connectivity index (χ1v) is 7.62. The van der Waals surface area contributed by atoms with Crippen LogP contribution in [0.4, 0.5) is 0 Å². The summed E-state index contributed by atoms with van der Waals surface area (Å²) in [4.78, 5) is 28.6. The van der Waals surface area contributed by atoms with Crippen molar-refractivity contribution in [3.63, 3.8) is 0 Å². The number of hydrogen-bond acceptors (Lipinski definition) is 2. The van der Waals surface area contributed by atoms with Crippen molar-refractivity contribution in [1.82, 2.24) is 9.88 Å². The van der Waals surface area contributed by atoms with E-state index in [1.165, 1.54) is 4.90 Å². The lowest BCUT2D eigenvalue weighted by molar-refractivity contribution is -0.147. The minimum Gasteiger partial charge on any atom is -0.480 e. The van der Waals surface area contributed by atoms with Crippen LogP contribution < -0.4 is 0 Å². The SMILES string of the molecule is CC1(C(=O)O)CCCN1C(=O)c1[nH]c2ccc(Cl)cc2c1Cl. The second kappa shape index (κ2) is 5.18. The number of rotatable bonds is 2. The molecule has 116 valence electrons. The van der Waals surface area contributed by atoms with Gasteiger partial charge in [0.1, 0.15) is 11.2 Å². The minimum absolute atomic E-state index is 0.202. The van der Waals surface area contributed by atoms with Crippen LogP contribution in [0.1, 0.15) is 30.3 Å². The lowest BCUT2D eigenvalue weighted by Gasteiger charge is -2.30. The smallest absolute Gasteiger partial charge is 0.329 e. The summed E-state index contributed by atoms with van der Waals surface area (Å²) in [6.45, 7) is 1.96. The molecule has 22 heavy (non-hydrogen) atoms. The van der Waals surface area contributed by atoms with Gasteiger partial charge < -0.3 is 15.0 Å². The van der Waals surface area contributed by atoms with Gasteiger partial charge in [0, 0.05) is 22.5 Å². The van der Waals surface area contributed by atoms with E-state index in [2.05, 4.69) is 4.98 Å². The average Bonchev–Trinajstić information content (AvgIpc) is 3.01. The van der Waals surface area contributed by atoms with E-state index in [9.17, 15) is 14.7 Å². The van der Waals surface area contributed by atoms with Gasteiger partial charge in [0.25, 0.3) is 5.91 Å². The van der Waals surface area contributed by atoms with Crippen LogP contribution in [0.15, 0.2) is 18.2 Å². The van der Waals surface area contributed by atoms with E-state index in [-0.39, 0.29) is 10.7 Å². The number of benzene rings is 1. The van der Waals surface area contributed by atoms with Crippen LogP contribution in [-0.4, -0.2) is 39.0 Å². The lowest BCUT2D eigenvalue weighted by Crippen LogP contribution is -2.50. The third-order valence-electron chi connectivity index (χ3n) is 4.26. The monoisotopic (exact) mass is 340 g/mol. The molecule has 1 amide bonds. The third kappa shape index (κ3) is 2.16. The van der Waals surface area contributed by atoms with Crippen molar-refractivity contribution in [2.24, 2.45) is 0 Å². The number of carbonyl (C=O) groups is 2. The summed E-state index contributed by atoms with van der Waals surface area (Å²) in [5, 5.41) is 10.9. The summed E-state index contributed by atoms with van der Waals surface area (Å²) >= 11 is 12.2. The van der Waals surface area contributed by atoms with Gasteiger partial charge >= 0.3 is 5.97 Å². The molecule has 1 aliphatic rings. The molecule has 7 heteroatoms. The number of aromatic nitrogens is 1. The van der Waals surface area contributed by atoms with Crippen LogP contribution in [-0.2, 0) is 4.79 Å². The minimum atomic E-state index is -1.20. The Bertz CT molecular complexity index is 786. The van der Waals surface area contributed by atoms with Crippen LogP contribution in [0, 0.1) is 0 Å². The molecule has 1 atom stereocenters. The molecule has 1 fully saturated rings. The number of fused-ring (bicyclic) bond motifs is 1. The normalized spacial score (nSPS) is 21.5. The molecule has 1 saturated heterocycles. The number of aliphatic carboxylic acids is 1. The third-order valence-corrected chi connectivity index (χ3v) is 4.89. The molecule has 0 bridgehead atoms. The van der Waals surface area contributed by atoms with Crippen LogP contribution >= 0.6 is 23.2 Å². The summed E-state index contributed by atoms with van der Waals surface area (Å²) < 4.78 is 0. The first-order valence-electron chi connectivity index (χ1n) is 6.86. The Morgan fingerprint density at radius 3 is 2.77 bits per heavy atom. The number of likely N-dealkylation sites (tertiary alicyclic amines) is 1. The maximum Gasteiger partial charge on any atom is 0.329 e. The van der Waals surface area contributed by atoms with Crippen molar-refractivity contribution in [2.45, 2.75) is 25.3 Å². The van der Waals surface area contributed by atoms with Crippen molar-refractivity contribution in [3.05, 3.63) is 33.9 Å². The fraction of sp³-hybridized carbons (Fsp3) is 0.333. The van der Waals surface area contributed by atoms with E-state index in [1.54, 1.807) is 25.1 Å². The molecule has 2 aromatic rings. The number of amides is 1. The van der Waals surface area contributed by atoms with Crippen molar-refractivity contribution in [1.29, 1.82) is 0 Å². The highest BCUT2D eigenvalue weighted by Crippen LogP contribution is 2.35.